The van der Waals surface area contributed by atoms with Crippen molar-refractivity contribution < 1.29 is 26.7 Å². The Labute approximate surface area is 108 Å². The van der Waals surface area contributed by atoms with Crippen LogP contribution >= 0.6 is 0 Å². The van der Waals surface area contributed by atoms with Crippen LogP contribution in [0, 0.1) is 0 Å². The average molecular weight is 283 g/mol. The molecule has 0 aliphatic rings. The number of hydrogen-bond acceptors (Lipinski definition) is 6. The molecule has 0 aromatic heterocycles. The van der Waals surface area contributed by atoms with E-state index >= 15 is 0 Å². The molecule has 0 aromatic rings. The van der Waals surface area contributed by atoms with E-state index in [-0.39, 0.29) is 18.6 Å². The van der Waals surface area contributed by atoms with E-state index in [1.54, 1.807) is 0 Å². The zero-order chi connectivity index (χ0) is 14.9. The van der Waals surface area contributed by atoms with Crippen molar-refractivity contribution in [3.8, 4) is 0 Å². The Morgan fingerprint density at radius 3 is 2.06 bits per heavy atom. The summed E-state index contributed by atoms with van der Waals surface area (Å²) in [6.07, 6.45) is 0. The van der Waals surface area contributed by atoms with Crippen LogP contribution in [0.2, 0.25) is 0 Å². The first-order valence-corrected chi connectivity index (χ1v) is 6.48. The van der Waals surface area contributed by atoms with Crippen LogP contribution in [0.15, 0.2) is 12.2 Å². The highest BCUT2D eigenvalue weighted by atomic mass is 32.3. The molecule has 0 aromatic carbocycles. The lowest BCUT2D eigenvalue weighted by molar-refractivity contribution is -0.136. The Bertz CT molecular complexity index is 363. The summed E-state index contributed by atoms with van der Waals surface area (Å²) in [5.74, 6) is -0.341. The quantitative estimate of drug-likeness (QED) is 0.446. The van der Waals surface area contributed by atoms with Crippen LogP contribution in [0.1, 0.15) is 13.8 Å². The van der Waals surface area contributed by atoms with Gasteiger partial charge < -0.3 is 9.64 Å². The summed E-state index contributed by atoms with van der Waals surface area (Å²) in [6.45, 7) is 6.97. The van der Waals surface area contributed by atoms with Crippen LogP contribution in [0.5, 0.6) is 0 Å². The molecule has 7 nitrogen and oxygen atoms in total. The molecule has 0 heterocycles. The fraction of sp³-hybridized carbons (Fsp3) is 0.700. The van der Waals surface area contributed by atoms with Gasteiger partial charge in [-0.3, -0.25) is 4.55 Å². The van der Waals surface area contributed by atoms with Gasteiger partial charge in [0.2, 0.25) is 0 Å². The first-order chi connectivity index (χ1) is 8.06. The van der Waals surface area contributed by atoms with Crippen LogP contribution in [0.4, 0.5) is 0 Å². The van der Waals surface area contributed by atoms with Gasteiger partial charge in [0.15, 0.2) is 0 Å². The number of carbonyl (C=O) groups is 1. The van der Waals surface area contributed by atoms with Crippen LogP contribution in [0.25, 0.3) is 0 Å². The highest BCUT2D eigenvalue weighted by Crippen LogP contribution is 2.05. The zero-order valence-electron chi connectivity index (χ0n) is 11.3. The third-order valence-electron chi connectivity index (χ3n) is 1.99. The van der Waals surface area contributed by atoms with Crippen molar-refractivity contribution in [3.63, 3.8) is 0 Å². The molecule has 1 N–H and O–H groups in total. The number of nitrogens with zero attached hydrogens (tertiary/aromatic N) is 1. The van der Waals surface area contributed by atoms with E-state index in [9.17, 15) is 13.2 Å². The molecule has 0 saturated carbocycles. The van der Waals surface area contributed by atoms with E-state index in [0.717, 1.165) is 0 Å². The summed E-state index contributed by atoms with van der Waals surface area (Å²) in [5, 5.41) is 0. The molecule has 0 bridgehead atoms. The van der Waals surface area contributed by atoms with Gasteiger partial charge in [0.05, 0.1) is 13.7 Å². The predicted octanol–water partition coefficient (Wildman–Crippen LogP) is 0.491. The second-order valence-corrected chi connectivity index (χ2v) is 4.58. The zero-order valence-corrected chi connectivity index (χ0v) is 12.2. The van der Waals surface area contributed by atoms with Crippen molar-refractivity contribution in [2.75, 3.05) is 27.8 Å². The number of esters is 1. The molecule has 0 amide bonds. The van der Waals surface area contributed by atoms with Crippen molar-refractivity contribution in [1.29, 1.82) is 0 Å². The van der Waals surface area contributed by atoms with Gasteiger partial charge in [-0.05, 0) is 27.9 Å². The first-order valence-electron chi connectivity index (χ1n) is 5.12. The van der Waals surface area contributed by atoms with Crippen molar-refractivity contribution in [2.45, 2.75) is 19.9 Å². The van der Waals surface area contributed by atoms with Crippen LogP contribution in [0.3, 0.4) is 0 Å². The van der Waals surface area contributed by atoms with E-state index in [4.69, 9.17) is 4.55 Å². The highest BCUT2D eigenvalue weighted by molar-refractivity contribution is 7.80. The molecule has 0 saturated heterocycles. The maximum atomic E-state index is 10.9. The van der Waals surface area contributed by atoms with E-state index in [1.165, 1.54) is 14.0 Å². The second kappa shape index (κ2) is 9.03. The van der Waals surface area contributed by atoms with Crippen LogP contribution in [-0.4, -0.2) is 57.7 Å². The number of ether oxygens (including phenoxy) is 1. The minimum atomic E-state index is -4.17. The fourth-order valence-corrected chi connectivity index (χ4v) is 1.06. The predicted molar refractivity (Wildman–Crippen MR) is 67.5 cm³/mol. The van der Waals surface area contributed by atoms with Crippen molar-refractivity contribution in [3.05, 3.63) is 12.2 Å². The first kappa shape index (κ1) is 19.4. The molecule has 8 heteroatoms. The lowest BCUT2D eigenvalue weighted by atomic mass is 10.1. The van der Waals surface area contributed by atoms with E-state index < -0.39 is 10.4 Å². The second-order valence-electron chi connectivity index (χ2n) is 3.49. The fourth-order valence-electron chi connectivity index (χ4n) is 0.762. The monoisotopic (exact) mass is 283 g/mol. The molecular weight excluding hydrogens is 262 g/mol. The average Bonchev–Trinajstić information content (AvgIpc) is 2.25. The van der Waals surface area contributed by atoms with Gasteiger partial charge in [-0.15, -0.1) is 0 Å². The van der Waals surface area contributed by atoms with Crippen molar-refractivity contribution in [2.24, 2.45) is 0 Å². The standard InChI is InChI=1S/C8H15NO2.C2H6O4S/c1-6(8(10)11-5)7(2)9(3)4;1-2-6-7(3,4)5/h7H,1H2,2-5H3;2H2,1H3,(H,3,4,5). The maximum Gasteiger partial charge on any atom is 0.397 e. The molecule has 1 unspecified atom stereocenters. The third-order valence-corrected chi connectivity index (χ3v) is 2.53. The van der Waals surface area contributed by atoms with Gasteiger partial charge in [0.1, 0.15) is 0 Å². The normalized spacial score (nSPS) is 12.4. The Balaban J connectivity index is 0. The maximum absolute atomic E-state index is 10.9. The highest BCUT2D eigenvalue weighted by Gasteiger charge is 2.15. The third kappa shape index (κ3) is 10.2. The Morgan fingerprint density at radius 2 is 1.89 bits per heavy atom. The molecule has 1 atom stereocenters. The number of hydrogen-bond donors (Lipinski definition) is 1. The van der Waals surface area contributed by atoms with E-state index in [0.29, 0.717) is 5.57 Å². The molecule has 0 aliphatic carbocycles. The number of likely N-dealkylation sites (N-methyl/N-ethyl adjacent to an activating group) is 1. The van der Waals surface area contributed by atoms with Gasteiger partial charge in [-0.25, -0.2) is 8.98 Å². The molecule has 0 rings (SSSR count). The van der Waals surface area contributed by atoms with Gasteiger partial charge in [0, 0.05) is 11.6 Å². The Hall–Kier alpha value is -0.960. The number of carbonyl (C=O) groups excluding carboxylic acids is 1. The van der Waals surface area contributed by atoms with Gasteiger partial charge in [-0.1, -0.05) is 6.58 Å². The molecule has 0 fully saturated rings. The molecule has 0 radical (unpaired) electrons. The largest absolute Gasteiger partial charge is 0.466 e. The summed E-state index contributed by atoms with van der Waals surface area (Å²) in [4.78, 5) is 12.8. The molecule has 0 aliphatic heterocycles. The Kier molecular flexibility index (Phi) is 9.73. The van der Waals surface area contributed by atoms with Gasteiger partial charge >= 0.3 is 16.4 Å². The SMILES string of the molecule is C=C(C(=O)OC)C(C)N(C)C.CCOS(=O)(=O)O. The lowest BCUT2D eigenvalue weighted by Crippen LogP contribution is -2.30. The van der Waals surface area contributed by atoms with E-state index in [1.807, 2.05) is 25.9 Å². The number of methoxy groups -OCH3 is 1. The minimum absolute atomic E-state index is 0.0289. The summed E-state index contributed by atoms with van der Waals surface area (Å²) in [7, 11) is 0.958. The summed E-state index contributed by atoms with van der Waals surface area (Å²) >= 11 is 0. The van der Waals surface area contributed by atoms with Crippen LogP contribution in [-0.2, 0) is 24.1 Å². The molecule has 0 spiro atoms. The smallest absolute Gasteiger partial charge is 0.397 e. The molecule has 108 valence electrons. The van der Waals surface area contributed by atoms with E-state index in [2.05, 4.69) is 15.5 Å². The Morgan fingerprint density at radius 1 is 1.44 bits per heavy atom. The number of rotatable bonds is 5. The van der Waals surface area contributed by atoms with Crippen LogP contribution < -0.4 is 0 Å². The topological polar surface area (TPSA) is 93.1 Å². The lowest BCUT2D eigenvalue weighted by Gasteiger charge is -2.20. The van der Waals surface area contributed by atoms with Gasteiger partial charge in [-0.2, -0.15) is 8.42 Å². The minimum Gasteiger partial charge on any atom is -0.466 e. The van der Waals surface area contributed by atoms with Crippen molar-refractivity contribution in [1.82, 2.24) is 4.90 Å². The summed E-state index contributed by atoms with van der Waals surface area (Å²) < 4.78 is 35.2. The van der Waals surface area contributed by atoms with Gasteiger partial charge in [0.25, 0.3) is 0 Å². The summed E-state index contributed by atoms with van der Waals surface area (Å²) in [5.41, 5.74) is 0.484. The molecular formula is C10H21NO6S. The summed E-state index contributed by atoms with van der Waals surface area (Å²) in [6, 6.07) is 0.0300. The van der Waals surface area contributed by atoms with Crippen molar-refractivity contribution >= 4 is 16.4 Å². The molecule has 18 heavy (non-hydrogen) atoms.